The quantitative estimate of drug-likeness (QED) is 0.712. The van der Waals surface area contributed by atoms with E-state index in [1.54, 1.807) is 0 Å². The third kappa shape index (κ3) is 2.70. The van der Waals surface area contributed by atoms with Crippen LogP contribution in [0.15, 0.2) is 48.5 Å². The number of fused-ring (bicyclic) bond motifs is 3. The Balaban J connectivity index is 2.09. The van der Waals surface area contributed by atoms with Gasteiger partial charge in [0.25, 0.3) is 0 Å². The molecule has 1 aliphatic rings. The van der Waals surface area contributed by atoms with Crippen LogP contribution in [0, 0.1) is 0 Å². The Kier molecular flexibility index (Phi) is 3.62. The summed E-state index contributed by atoms with van der Waals surface area (Å²) in [4.78, 5) is 0. The Labute approximate surface area is 114 Å². The largest absolute Gasteiger partial charge is 0.374 e. The third-order valence-corrected chi connectivity index (χ3v) is 3.46. The molecule has 19 heavy (non-hydrogen) atoms. The molecule has 0 saturated carbocycles. The Morgan fingerprint density at radius 3 is 2.11 bits per heavy atom. The molecule has 0 radical (unpaired) electrons. The van der Waals surface area contributed by atoms with E-state index >= 15 is 0 Å². The minimum absolute atomic E-state index is 0.123. The Morgan fingerprint density at radius 2 is 1.42 bits per heavy atom. The third-order valence-electron chi connectivity index (χ3n) is 3.46. The maximum Gasteiger partial charge on any atom is 0.0785 e. The van der Waals surface area contributed by atoms with Gasteiger partial charge in [-0.05, 0) is 29.2 Å². The fourth-order valence-electron chi connectivity index (χ4n) is 2.43. The van der Waals surface area contributed by atoms with Crippen molar-refractivity contribution in [1.82, 2.24) is 0 Å². The summed E-state index contributed by atoms with van der Waals surface area (Å²) in [5, 5.41) is 0. The summed E-state index contributed by atoms with van der Waals surface area (Å²) < 4.78 is 11.6. The monoisotopic (exact) mass is 254 g/mol. The van der Waals surface area contributed by atoms with Gasteiger partial charge in [0.05, 0.1) is 25.9 Å². The average Bonchev–Trinajstić information content (AvgIpc) is 2.46. The highest BCUT2D eigenvalue weighted by Gasteiger charge is 2.13. The second kappa shape index (κ2) is 5.55. The van der Waals surface area contributed by atoms with Crippen LogP contribution in [0.2, 0.25) is 0 Å². The van der Waals surface area contributed by atoms with E-state index in [9.17, 15) is 0 Å². The molecule has 0 unspecified atom stereocenters. The number of ether oxygens (including phenoxy) is 2. The predicted octanol–water partition coefficient (Wildman–Crippen LogP) is 3.79. The van der Waals surface area contributed by atoms with Crippen LogP contribution in [0.25, 0.3) is 11.1 Å². The summed E-state index contributed by atoms with van der Waals surface area (Å²) in [5.74, 6) is 0. The molecular weight excluding hydrogens is 236 g/mol. The Hall–Kier alpha value is -1.64. The number of hydrogen-bond donors (Lipinski definition) is 0. The molecule has 2 heteroatoms. The highest BCUT2D eigenvalue weighted by molar-refractivity contribution is 5.70. The van der Waals surface area contributed by atoms with Crippen LogP contribution in [0.5, 0.6) is 0 Å². The van der Waals surface area contributed by atoms with Crippen LogP contribution < -0.4 is 0 Å². The minimum atomic E-state index is 0.123. The zero-order chi connectivity index (χ0) is 13.1. The summed E-state index contributed by atoms with van der Waals surface area (Å²) in [6.45, 7) is 3.96. The molecule has 0 aromatic heterocycles. The van der Waals surface area contributed by atoms with Gasteiger partial charge < -0.3 is 9.47 Å². The molecule has 1 atom stereocenters. The van der Waals surface area contributed by atoms with Crippen molar-refractivity contribution in [2.24, 2.45) is 0 Å². The van der Waals surface area contributed by atoms with Gasteiger partial charge in [0.2, 0.25) is 0 Å². The standard InChI is InChI=1S/C17H18O2/c1-13-10-18-11-14-6-2-4-8-16(14)17-9-5-3-7-15(17)12-19-13/h2-9,13H,10-12H2,1H3/t13-/m0/s1. The molecule has 0 saturated heterocycles. The Bertz CT molecular complexity index is 563. The van der Waals surface area contributed by atoms with Gasteiger partial charge in [0.1, 0.15) is 0 Å². The average molecular weight is 254 g/mol. The first-order chi connectivity index (χ1) is 9.34. The van der Waals surface area contributed by atoms with Gasteiger partial charge in [-0.25, -0.2) is 0 Å². The summed E-state index contributed by atoms with van der Waals surface area (Å²) in [6.07, 6.45) is 0.123. The molecule has 0 amide bonds. The molecule has 0 N–H and O–H groups in total. The van der Waals surface area contributed by atoms with Gasteiger partial charge in [-0.1, -0.05) is 48.5 Å². The molecule has 0 spiro atoms. The molecule has 2 aromatic rings. The fourth-order valence-corrected chi connectivity index (χ4v) is 2.43. The SMILES string of the molecule is C[C@H]1COCc2ccccc2-c2ccccc2CO1. The molecule has 3 rings (SSSR count). The van der Waals surface area contributed by atoms with E-state index in [0.29, 0.717) is 19.8 Å². The minimum Gasteiger partial charge on any atom is -0.374 e. The molecule has 98 valence electrons. The van der Waals surface area contributed by atoms with E-state index in [2.05, 4.69) is 55.5 Å². The van der Waals surface area contributed by atoms with Gasteiger partial charge in [-0.2, -0.15) is 0 Å². The lowest BCUT2D eigenvalue weighted by Gasteiger charge is -2.20. The lowest BCUT2D eigenvalue weighted by Crippen LogP contribution is -2.17. The van der Waals surface area contributed by atoms with Crippen molar-refractivity contribution in [2.45, 2.75) is 26.2 Å². The number of hydrogen-bond acceptors (Lipinski definition) is 2. The number of benzene rings is 2. The van der Waals surface area contributed by atoms with Crippen LogP contribution in [0.3, 0.4) is 0 Å². The lowest BCUT2D eigenvalue weighted by atomic mass is 9.96. The predicted molar refractivity (Wildman–Crippen MR) is 75.8 cm³/mol. The first kappa shape index (κ1) is 12.4. The van der Waals surface area contributed by atoms with Crippen molar-refractivity contribution in [3.8, 4) is 11.1 Å². The van der Waals surface area contributed by atoms with E-state index in [1.807, 2.05) is 0 Å². The van der Waals surface area contributed by atoms with E-state index < -0.39 is 0 Å². The van der Waals surface area contributed by atoms with Crippen molar-refractivity contribution in [3.63, 3.8) is 0 Å². The van der Waals surface area contributed by atoms with Gasteiger partial charge in [0.15, 0.2) is 0 Å². The van der Waals surface area contributed by atoms with Crippen LogP contribution in [-0.2, 0) is 22.7 Å². The molecular formula is C17H18O2. The molecule has 2 aromatic carbocycles. The zero-order valence-electron chi connectivity index (χ0n) is 11.1. The first-order valence-electron chi connectivity index (χ1n) is 6.70. The fraction of sp³-hybridized carbons (Fsp3) is 0.294. The lowest BCUT2D eigenvalue weighted by molar-refractivity contribution is -0.0202. The van der Waals surface area contributed by atoms with Gasteiger partial charge >= 0.3 is 0 Å². The summed E-state index contributed by atoms with van der Waals surface area (Å²) >= 11 is 0. The second-order valence-electron chi connectivity index (χ2n) is 4.95. The van der Waals surface area contributed by atoms with Gasteiger partial charge in [0, 0.05) is 0 Å². The summed E-state index contributed by atoms with van der Waals surface area (Å²) in [6, 6.07) is 16.9. The summed E-state index contributed by atoms with van der Waals surface area (Å²) in [7, 11) is 0. The topological polar surface area (TPSA) is 18.5 Å². The smallest absolute Gasteiger partial charge is 0.0785 e. The van der Waals surface area contributed by atoms with Crippen LogP contribution in [0.4, 0.5) is 0 Å². The molecule has 1 aliphatic heterocycles. The van der Waals surface area contributed by atoms with Crippen molar-refractivity contribution in [1.29, 1.82) is 0 Å². The summed E-state index contributed by atoms with van der Waals surface area (Å²) in [5.41, 5.74) is 4.97. The van der Waals surface area contributed by atoms with Crippen molar-refractivity contribution >= 4 is 0 Å². The van der Waals surface area contributed by atoms with Crippen LogP contribution >= 0.6 is 0 Å². The maximum atomic E-state index is 5.83. The zero-order valence-corrected chi connectivity index (χ0v) is 11.1. The van der Waals surface area contributed by atoms with E-state index in [4.69, 9.17) is 9.47 Å². The van der Waals surface area contributed by atoms with Crippen LogP contribution in [-0.4, -0.2) is 12.7 Å². The highest BCUT2D eigenvalue weighted by atomic mass is 16.5. The molecule has 2 nitrogen and oxygen atoms in total. The van der Waals surface area contributed by atoms with Gasteiger partial charge in [-0.3, -0.25) is 0 Å². The molecule has 1 heterocycles. The second-order valence-corrected chi connectivity index (χ2v) is 4.95. The van der Waals surface area contributed by atoms with E-state index in [1.165, 1.54) is 22.3 Å². The highest BCUT2D eigenvalue weighted by Crippen LogP contribution is 2.29. The van der Waals surface area contributed by atoms with E-state index in [-0.39, 0.29) is 6.10 Å². The molecule has 0 aliphatic carbocycles. The first-order valence-corrected chi connectivity index (χ1v) is 6.70. The van der Waals surface area contributed by atoms with Gasteiger partial charge in [-0.15, -0.1) is 0 Å². The molecule has 0 bridgehead atoms. The number of rotatable bonds is 0. The van der Waals surface area contributed by atoms with Crippen molar-refractivity contribution < 1.29 is 9.47 Å². The normalized spacial score (nSPS) is 19.3. The van der Waals surface area contributed by atoms with Crippen molar-refractivity contribution in [2.75, 3.05) is 6.61 Å². The maximum absolute atomic E-state index is 5.83. The van der Waals surface area contributed by atoms with Crippen molar-refractivity contribution in [3.05, 3.63) is 59.7 Å². The Morgan fingerprint density at radius 1 is 0.842 bits per heavy atom. The van der Waals surface area contributed by atoms with Crippen LogP contribution in [0.1, 0.15) is 18.1 Å². The van der Waals surface area contributed by atoms with E-state index in [0.717, 1.165) is 0 Å². The molecule has 0 fully saturated rings.